The zero-order valence-corrected chi connectivity index (χ0v) is 15.8. The number of ether oxygens (including phenoxy) is 2. The Morgan fingerprint density at radius 2 is 1.93 bits per heavy atom. The number of nitrogens with one attached hydrogen (secondary N) is 2. The van der Waals surface area contributed by atoms with E-state index in [4.69, 9.17) is 9.47 Å². The molecule has 0 fully saturated rings. The number of benzene rings is 2. The maximum absolute atomic E-state index is 12.3. The van der Waals surface area contributed by atoms with Gasteiger partial charge in [-0.3, -0.25) is 19.9 Å². The molecule has 12 heteroatoms. The SMILES string of the molecule is COc1ccc(-c2nnc(N/N=C/c3cc(OC)c(O)c([N+](=O)[O-])c3)[nH]c2=O)cc1. The summed E-state index contributed by atoms with van der Waals surface area (Å²) >= 11 is 0. The van der Waals surface area contributed by atoms with Crippen LogP contribution in [-0.2, 0) is 0 Å². The van der Waals surface area contributed by atoms with Crippen molar-refractivity contribution in [3.63, 3.8) is 0 Å². The van der Waals surface area contributed by atoms with Gasteiger partial charge in [-0.15, -0.1) is 10.2 Å². The highest BCUT2D eigenvalue weighted by Crippen LogP contribution is 2.36. The summed E-state index contributed by atoms with van der Waals surface area (Å²) in [4.78, 5) is 25.0. The molecular formula is C18H16N6O6. The lowest BCUT2D eigenvalue weighted by Crippen LogP contribution is -2.15. The monoisotopic (exact) mass is 412 g/mol. The van der Waals surface area contributed by atoms with E-state index < -0.39 is 21.9 Å². The van der Waals surface area contributed by atoms with Crippen LogP contribution in [0.3, 0.4) is 0 Å². The van der Waals surface area contributed by atoms with E-state index in [2.05, 4.69) is 25.7 Å². The molecule has 0 aliphatic rings. The van der Waals surface area contributed by atoms with Crippen molar-refractivity contribution in [3.8, 4) is 28.5 Å². The second-order valence-corrected chi connectivity index (χ2v) is 5.80. The molecule has 1 aromatic heterocycles. The molecule has 30 heavy (non-hydrogen) atoms. The summed E-state index contributed by atoms with van der Waals surface area (Å²) in [7, 11) is 2.80. The lowest BCUT2D eigenvalue weighted by atomic mass is 10.1. The topological polar surface area (TPSA) is 165 Å². The van der Waals surface area contributed by atoms with Crippen molar-refractivity contribution >= 4 is 17.9 Å². The quantitative estimate of drug-likeness (QED) is 0.298. The molecule has 0 aliphatic carbocycles. The number of aromatic hydroxyl groups is 1. The molecule has 2 aromatic carbocycles. The van der Waals surface area contributed by atoms with Crippen LogP contribution in [0.4, 0.5) is 11.6 Å². The number of aromatic nitrogens is 3. The first-order chi connectivity index (χ1) is 14.4. The zero-order valence-electron chi connectivity index (χ0n) is 15.8. The molecule has 3 N–H and O–H groups in total. The predicted octanol–water partition coefficient (Wildman–Crippen LogP) is 1.91. The lowest BCUT2D eigenvalue weighted by molar-refractivity contribution is -0.386. The van der Waals surface area contributed by atoms with Crippen molar-refractivity contribution in [1.82, 2.24) is 15.2 Å². The fourth-order valence-electron chi connectivity index (χ4n) is 2.48. The number of hydrogen-bond acceptors (Lipinski definition) is 10. The molecule has 3 rings (SSSR count). The summed E-state index contributed by atoms with van der Waals surface area (Å²) in [5.74, 6) is -0.0600. The van der Waals surface area contributed by atoms with E-state index in [1.165, 1.54) is 26.5 Å². The smallest absolute Gasteiger partial charge is 0.315 e. The minimum atomic E-state index is -0.747. The molecule has 3 aromatic rings. The maximum atomic E-state index is 12.3. The number of aromatic amines is 1. The minimum absolute atomic E-state index is 0.0336. The minimum Gasteiger partial charge on any atom is -0.500 e. The predicted molar refractivity (Wildman–Crippen MR) is 107 cm³/mol. The number of hydrogen-bond donors (Lipinski definition) is 3. The summed E-state index contributed by atoms with van der Waals surface area (Å²) in [5.41, 5.74) is 2.40. The van der Waals surface area contributed by atoms with Crippen molar-refractivity contribution < 1.29 is 19.5 Å². The van der Waals surface area contributed by atoms with Crippen molar-refractivity contribution in [3.05, 3.63) is 62.4 Å². The van der Waals surface area contributed by atoms with Gasteiger partial charge in [-0.25, -0.2) is 5.43 Å². The second-order valence-electron chi connectivity index (χ2n) is 5.80. The molecule has 0 spiro atoms. The highest BCUT2D eigenvalue weighted by Gasteiger charge is 2.19. The number of anilines is 1. The van der Waals surface area contributed by atoms with Gasteiger partial charge >= 0.3 is 5.69 Å². The first-order valence-electron chi connectivity index (χ1n) is 8.38. The molecule has 0 atom stereocenters. The Labute approximate surface area is 169 Å². The first-order valence-corrected chi connectivity index (χ1v) is 8.38. The fraction of sp³-hybridized carbons (Fsp3) is 0.111. The largest absolute Gasteiger partial charge is 0.500 e. The molecule has 0 unspecified atom stereocenters. The third-order valence-electron chi connectivity index (χ3n) is 3.94. The molecule has 0 amide bonds. The zero-order chi connectivity index (χ0) is 21.7. The fourth-order valence-corrected chi connectivity index (χ4v) is 2.48. The van der Waals surface area contributed by atoms with E-state index in [1.807, 2.05) is 0 Å². The van der Waals surface area contributed by atoms with E-state index in [9.17, 15) is 20.0 Å². The first kappa shape index (κ1) is 20.3. The number of H-pyrrole nitrogens is 1. The van der Waals surface area contributed by atoms with Crippen molar-refractivity contribution in [2.75, 3.05) is 19.6 Å². The van der Waals surface area contributed by atoms with Gasteiger partial charge in [-0.05, 0) is 30.3 Å². The molecule has 0 aliphatic heterocycles. The number of rotatable bonds is 7. The average molecular weight is 412 g/mol. The van der Waals surface area contributed by atoms with Crippen LogP contribution in [0.2, 0.25) is 0 Å². The normalized spacial score (nSPS) is 10.7. The summed E-state index contributed by atoms with van der Waals surface area (Å²) in [6, 6.07) is 9.21. The van der Waals surface area contributed by atoms with Crippen LogP contribution in [-0.4, -0.2) is 45.6 Å². The second kappa shape index (κ2) is 8.68. The van der Waals surface area contributed by atoms with Crippen LogP contribution in [0.1, 0.15) is 5.56 Å². The van der Waals surface area contributed by atoms with Gasteiger partial charge in [0.05, 0.1) is 25.4 Å². The number of nitrogens with zero attached hydrogens (tertiary/aromatic N) is 4. The van der Waals surface area contributed by atoms with E-state index in [-0.39, 0.29) is 23.0 Å². The highest BCUT2D eigenvalue weighted by molar-refractivity contribution is 5.83. The number of hydrazone groups is 1. The van der Waals surface area contributed by atoms with Crippen LogP contribution in [0, 0.1) is 10.1 Å². The van der Waals surface area contributed by atoms with Gasteiger partial charge in [0.25, 0.3) is 5.56 Å². The van der Waals surface area contributed by atoms with Crippen LogP contribution in [0.25, 0.3) is 11.3 Å². The van der Waals surface area contributed by atoms with Gasteiger partial charge < -0.3 is 14.6 Å². The van der Waals surface area contributed by atoms with Crippen LogP contribution in [0.15, 0.2) is 46.3 Å². The Hall–Kier alpha value is -4.48. The third-order valence-corrected chi connectivity index (χ3v) is 3.94. The van der Waals surface area contributed by atoms with E-state index in [0.717, 1.165) is 6.07 Å². The molecule has 0 saturated heterocycles. The molecule has 0 bridgehead atoms. The molecule has 0 radical (unpaired) electrons. The number of nitro groups is 1. The Balaban J connectivity index is 1.78. The highest BCUT2D eigenvalue weighted by atomic mass is 16.6. The van der Waals surface area contributed by atoms with Crippen molar-refractivity contribution in [1.29, 1.82) is 0 Å². The van der Waals surface area contributed by atoms with E-state index >= 15 is 0 Å². The Bertz CT molecular complexity index is 1160. The summed E-state index contributed by atoms with van der Waals surface area (Å²) < 4.78 is 9.98. The van der Waals surface area contributed by atoms with E-state index in [1.54, 1.807) is 24.3 Å². The maximum Gasteiger partial charge on any atom is 0.315 e. The van der Waals surface area contributed by atoms with Gasteiger partial charge in [0.1, 0.15) is 5.75 Å². The van der Waals surface area contributed by atoms with Gasteiger partial charge in [0.15, 0.2) is 11.4 Å². The van der Waals surface area contributed by atoms with Crippen molar-refractivity contribution in [2.24, 2.45) is 5.10 Å². The summed E-state index contributed by atoms with van der Waals surface area (Å²) in [6.45, 7) is 0. The number of nitro benzene ring substituents is 1. The Morgan fingerprint density at radius 1 is 1.20 bits per heavy atom. The van der Waals surface area contributed by atoms with Gasteiger partial charge in [0.2, 0.25) is 11.7 Å². The third kappa shape index (κ3) is 4.32. The van der Waals surface area contributed by atoms with Gasteiger partial charge in [0, 0.05) is 17.2 Å². The summed E-state index contributed by atoms with van der Waals surface area (Å²) in [5, 5.41) is 32.4. The number of phenolic OH excluding ortho intramolecular Hbond substituents is 1. The van der Waals surface area contributed by atoms with Crippen LogP contribution in [0.5, 0.6) is 17.2 Å². The van der Waals surface area contributed by atoms with Crippen LogP contribution < -0.4 is 20.5 Å². The standard InChI is InChI=1S/C18H16N6O6/c1-29-12-5-3-11(4-6-12)15-17(26)20-18(23-21-15)22-19-9-10-7-13(24(27)28)16(25)14(8-10)30-2/h3-9,25H,1-2H3,(H2,20,22,23,26)/b19-9+. The van der Waals surface area contributed by atoms with Gasteiger partial charge in [-0.1, -0.05) is 0 Å². The molecule has 1 heterocycles. The molecule has 154 valence electrons. The Morgan fingerprint density at radius 3 is 2.53 bits per heavy atom. The number of methoxy groups -OCH3 is 2. The lowest BCUT2D eigenvalue weighted by Gasteiger charge is -2.05. The van der Waals surface area contributed by atoms with Crippen molar-refractivity contribution in [2.45, 2.75) is 0 Å². The average Bonchev–Trinajstić information content (AvgIpc) is 2.74. The molecular weight excluding hydrogens is 396 g/mol. The molecule has 12 nitrogen and oxygen atoms in total. The van der Waals surface area contributed by atoms with Gasteiger partial charge in [-0.2, -0.15) is 5.10 Å². The molecule has 0 saturated carbocycles. The summed E-state index contributed by atoms with van der Waals surface area (Å²) in [6.07, 6.45) is 1.23. The van der Waals surface area contributed by atoms with Crippen LogP contribution >= 0.6 is 0 Å². The Kier molecular flexibility index (Phi) is 5.86. The number of phenols is 1. The van der Waals surface area contributed by atoms with E-state index in [0.29, 0.717) is 11.3 Å².